The molecule has 4 aliphatic rings. The Balaban J connectivity index is 1.44. The van der Waals surface area contributed by atoms with E-state index in [-0.39, 0.29) is 12.5 Å². The molecule has 180 valence electrons. The molecule has 4 aliphatic heterocycles. The Labute approximate surface area is 209 Å². The maximum absolute atomic E-state index is 10.3. The Morgan fingerprint density at radius 2 is 1.06 bits per heavy atom. The smallest absolute Gasteiger partial charge is 0.0684 e. The number of hydrogen-bond donors (Lipinski definition) is 1. The van der Waals surface area contributed by atoms with Gasteiger partial charge in [0.1, 0.15) is 0 Å². The number of benzene rings is 3. The van der Waals surface area contributed by atoms with E-state index in [4.69, 9.17) is 0 Å². The van der Waals surface area contributed by atoms with Gasteiger partial charge in [0.15, 0.2) is 0 Å². The first-order valence-electron chi connectivity index (χ1n) is 13.8. The number of aliphatic hydroxyl groups is 1. The van der Waals surface area contributed by atoms with E-state index in [1.54, 1.807) is 22.3 Å². The van der Waals surface area contributed by atoms with Crippen molar-refractivity contribution in [1.29, 1.82) is 0 Å². The molecule has 3 heteroatoms. The van der Waals surface area contributed by atoms with Crippen molar-refractivity contribution >= 4 is 11.4 Å². The lowest BCUT2D eigenvalue weighted by molar-refractivity contribution is 0.280. The van der Waals surface area contributed by atoms with Crippen molar-refractivity contribution in [3.8, 4) is 0 Å². The van der Waals surface area contributed by atoms with Gasteiger partial charge in [-0.05, 0) is 95.9 Å². The van der Waals surface area contributed by atoms with E-state index in [1.165, 1.54) is 106 Å². The molecule has 4 heterocycles. The van der Waals surface area contributed by atoms with E-state index in [1.807, 2.05) is 0 Å². The summed E-state index contributed by atoms with van der Waals surface area (Å²) >= 11 is 0. The van der Waals surface area contributed by atoms with Gasteiger partial charge < -0.3 is 14.9 Å². The predicted octanol–water partition coefficient (Wildman–Crippen LogP) is 5.76. The zero-order chi connectivity index (χ0) is 23.4. The molecule has 3 aromatic carbocycles. The second-order valence-corrected chi connectivity index (χ2v) is 11.1. The molecule has 0 fully saturated rings. The summed E-state index contributed by atoms with van der Waals surface area (Å²) < 4.78 is 0. The van der Waals surface area contributed by atoms with E-state index >= 15 is 0 Å². The fourth-order valence-electron chi connectivity index (χ4n) is 7.51. The average Bonchev–Trinajstić information content (AvgIpc) is 2.90. The van der Waals surface area contributed by atoms with Crippen molar-refractivity contribution in [1.82, 2.24) is 0 Å². The molecule has 0 atom stereocenters. The third-order valence-electron chi connectivity index (χ3n) is 8.91. The number of rotatable bonds is 4. The number of nitrogens with zero attached hydrogens (tertiary/aromatic N) is 2. The zero-order valence-corrected chi connectivity index (χ0v) is 20.7. The Kier molecular flexibility index (Phi) is 5.35. The predicted molar refractivity (Wildman–Crippen MR) is 144 cm³/mol. The van der Waals surface area contributed by atoms with Gasteiger partial charge in [0.25, 0.3) is 0 Å². The number of aryl methyl sites for hydroxylation is 4. The molecule has 0 aliphatic carbocycles. The largest absolute Gasteiger partial charge is 0.392 e. The molecular weight excluding hydrogens is 428 g/mol. The molecule has 0 saturated carbocycles. The summed E-state index contributed by atoms with van der Waals surface area (Å²) in [6, 6.07) is 18.7. The van der Waals surface area contributed by atoms with Crippen molar-refractivity contribution in [3.05, 3.63) is 93.0 Å². The molecule has 7 rings (SSSR count). The van der Waals surface area contributed by atoms with Gasteiger partial charge in [0.05, 0.1) is 6.61 Å². The van der Waals surface area contributed by atoms with Crippen molar-refractivity contribution < 1.29 is 5.11 Å². The maximum Gasteiger partial charge on any atom is 0.0684 e. The maximum atomic E-state index is 10.3. The van der Waals surface area contributed by atoms with Gasteiger partial charge in [-0.2, -0.15) is 0 Å². The van der Waals surface area contributed by atoms with Crippen LogP contribution in [0, 0.1) is 0 Å². The van der Waals surface area contributed by atoms with Gasteiger partial charge in [-0.25, -0.2) is 0 Å². The van der Waals surface area contributed by atoms with Gasteiger partial charge in [-0.1, -0.05) is 48.5 Å². The Morgan fingerprint density at radius 3 is 1.49 bits per heavy atom. The van der Waals surface area contributed by atoms with E-state index in [0.29, 0.717) is 0 Å². The Hall–Kier alpha value is -2.78. The van der Waals surface area contributed by atoms with E-state index < -0.39 is 0 Å². The van der Waals surface area contributed by atoms with E-state index in [0.717, 1.165) is 5.56 Å². The van der Waals surface area contributed by atoms with Gasteiger partial charge >= 0.3 is 0 Å². The van der Waals surface area contributed by atoms with Gasteiger partial charge in [-0.15, -0.1) is 0 Å². The molecule has 3 aromatic rings. The van der Waals surface area contributed by atoms with Crippen molar-refractivity contribution in [2.24, 2.45) is 0 Å². The average molecular weight is 465 g/mol. The van der Waals surface area contributed by atoms with Crippen molar-refractivity contribution in [3.63, 3.8) is 0 Å². The van der Waals surface area contributed by atoms with Crippen LogP contribution < -0.4 is 9.80 Å². The van der Waals surface area contributed by atoms with Crippen LogP contribution in [0.4, 0.5) is 11.4 Å². The molecule has 0 aromatic heterocycles. The molecule has 3 nitrogen and oxygen atoms in total. The summed E-state index contributed by atoms with van der Waals surface area (Å²) in [4.78, 5) is 5.27. The van der Waals surface area contributed by atoms with E-state index in [2.05, 4.69) is 58.3 Å². The topological polar surface area (TPSA) is 26.7 Å². The minimum Gasteiger partial charge on any atom is -0.392 e. The monoisotopic (exact) mass is 464 g/mol. The highest BCUT2D eigenvalue weighted by atomic mass is 16.3. The number of hydrogen-bond acceptors (Lipinski definition) is 3. The molecule has 1 N–H and O–H groups in total. The van der Waals surface area contributed by atoms with Crippen LogP contribution in [-0.2, 0) is 32.3 Å². The quantitative estimate of drug-likeness (QED) is 0.498. The fourth-order valence-corrected chi connectivity index (χ4v) is 7.51. The lowest BCUT2D eigenvalue weighted by atomic mass is 9.77. The molecule has 0 unspecified atom stereocenters. The normalized spacial score (nSPS) is 18.5. The summed E-state index contributed by atoms with van der Waals surface area (Å²) in [7, 11) is 0. The second kappa shape index (κ2) is 8.71. The number of aliphatic hydroxyl groups excluding tert-OH is 1. The molecule has 0 saturated heterocycles. The Morgan fingerprint density at radius 1 is 0.629 bits per heavy atom. The molecular formula is C32H36N2O. The van der Waals surface area contributed by atoms with Crippen LogP contribution in [0.25, 0.3) is 0 Å². The lowest BCUT2D eigenvalue weighted by Crippen LogP contribution is -2.35. The van der Waals surface area contributed by atoms with Gasteiger partial charge in [0.2, 0.25) is 0 Å². The van der Waals surface area contributed by atoms with Crippen molar-refractivity contribution in [2.45, 2.75) is 63.9 Å². The summed E-state index contributed by atoms with van der Waals surface area (Å²) in [6.07, 6.45) is 9.77. The third-order valence-corrected chi connectivity index (χ3v) is 8.91. The molecule has 0 amide bonds. The van der Waals surface area contributed by atoms with Crippen LogP contribution in [0.15, 0.2) is 48.5 Å². The lowest BCUT2D eigenvalue weighted by Gasteiger charge is -2.39. The highest BCUT2D eigenvalue weighted by Crippen LogP contribution is 2.44. The molecule has 0 spiro atoms. The number of anilines is 2. The standard InChI is InChI=1S/C32H36N2O/c35-21-26-7-1-2-12-29(26)30(27-17-22-8-3-13-33-14-4-9-23(18-27)31(22)33)28-19-24-10-5-15-34-16-6-11-25(20-28)32(24)34/h1-2,7,12,17-20,30,35H,3-6,8-11,13-16,21H2. The summed E-state index contributed by atoms with van der Waals surface area (Å²) in [5.74, 6) is 0.163. The summed E-state index contributed by atoms with van der Waals surface area (Å²) in [5, 5.41) is 10.3. The second-order valence-electron chi connectivity index (χ2n) is 11.1. The summed E-state index contributed by atoms with van der Waals surface area (Å²) in [5.41, 5.74) is 14.4. The third kappa shape index (κ3) is 3.59. The highest BCUT2D eigenvalue weighted by Gasteiger charge is 2.30. The first kappa shape index (κ1) is 21.5. The van der Waals surface area contributed by atoms with Crippen LogP contribution in [0.3, 0.4) is 0 Å². The van der Waals surface area contributed by atoms with Crippen LogP contribution in [0.2, 0.25) is 0 Å². The minimum atomic E-state index is 0.0871. The van der Waals surface area contributed by atoms with Crippen LogP contribution in [0.5, 0.6) is 0 Å². The van der Waals surface area contributed by atoms with Crippen LogP contribution >= 0.6 is 0 Å². The molecule has 35 heavy (non-hydrogen) atoms. The fraction of sp³-hybridized carbons (Fsp3) is 0.438. The SMILES string of the molecule is OCc1ccccc1C(c1cc2c3c(c1)CCCN3CCC2)c1cc2c3c(c1)CCCN3CCC2. The highest BCUT2D eigenvalue weighted by molar-refractivity contribution is 5.68. The first-order valence-corrected chi connectivity index (χ1v) is 13.8. The van der Waals surface area contributed by atoms with Crippen molar-refractivity contribution in [2.75, 3.05) is 36.0 Å². The van der Waals surface area contributed by atoms with Gasteiger partial charge in [-0.3, -0.25) is 0 Å². The molecule has 0 bridgehead atoms. The summed E-state index contributed by atoms with van der Waals surface area (Å²) in [6.45, 7) is 4.92. The van der Waals surface area contributed by atoms with Crippen LogP contribution in [-0.4, -0.2) is 31.3 Å². The van der Waals surface area contributed by atoms with E-state index in [9.17, 15) is 5.11 Å². The molecule has 0 radical (unpaired) electrons. The minimum absolute atomic E-state index is 0.0871. The first-order chi connectivity index (χ1) is 17.3. The Bertz CT molecular complexity index is 1140. The van der Waals surface area contributed by atoms with Crippen LogP contribution in [0.1, 0.15) is 76.1 Å². The zero-order valence-electron chi connectivity index (χ0n) is 20.7. The van der Waals surface area contributed by atoms with Gasteiger partial charge in [0, 0.05) is 43.5 Å².